The molecule has 0 atom stereocenters. The van der Waals surface area contributed by atoms with Crippen LogP contribution in [0.4, 0.5) is 17.1 Å². The molecule has 2 nitrogen and oxygen atoms in total. The minimum Gasteiger partial charge on any atom is -0.455 e. The smallest absolute Gasteiger partial charge is 0.145 e. The van der Waals surface area contributed by atoms with Crippen molar-refractivity contribution in [3.63, 3.8) is 0 Å². The highest BCUT2D eigenvalue weighted by molar-refractivity contribution is 7.25. The van der Waals surface area contributed by atoms with E-state index in [0.717, 1.165) is 44.6 Å². The van der Waals surface area contributed by atoms with Crippen molar-refractivity contribution in [2.75, 3.05) is 4.90 Å². The first-order valence-corrected chi connectivity index (χ1v) is 20.2. The van der Waals surface area contributed by atoms with Crippen LogP contribution in [0.25, 0.3) is 85.9 Å². The first kappa shape index (κ1) is 31.6. The Labute approximate surface area is 328 Å². The Morgan fingerprint density at radius 2 is 1.16 bits per heavy atom. The average molecular weight is 734 g/mol. The van der Waals surface area contributed by atoms with Gasteiger partial charge in [0, 0.05) is 47.8 Å². The van der Waals surface area contributed by atoms with E-state index in [4.69, 9.17) is 4.42 Å². The standard InChI is InChI=1S/C53H35NOS/c1-53(2)43-21-10-7-19-39(43)50-44(53)22-13-23-45(50)54(33-26-29-49-42(31-33)37-18-9-12-25-48(37)56-49)46-28-27-38(52-51(46)40-20-8-11-24-47(40)55-52)41-30-32-14-3-4-15-34(32)35-16-5-6-17-36(35)41/h3-31H,1-2H3. The van der Waals surface area contributed by atoms with Crippen molar-refractivity contribution in [2.45, 2.75) is 19.3 Å². The Hall–Kier alpha value is -6.68. The number of benzene rings is 9. The summed E-state index contributed by atoms with van der Waals surface area (Å²) in [7, 11) is 0. The zero-order valence-electron chi connectivity index (χ0n) is 31.0. The predicted molar refractivity (Wildman–Crippen MR) is 239 cm³/mol. The highest BCUT2D eigenvalue weighted by Gasteiger charge is 2.38. The highest BCUT2D eigenvalue weighted by Crippen LogP contribution is 2.56. The molecule has 1 aliphatic rings. The summed E-state index contributed by atoms with van der Waals surface area (Å²) < 4.78 is 9.63. The summed E-state index contributed by atoms with van der Waals surface area (Å²) >= 11 is 1.86. The fourth-order valence-corrected chi connectivity index (χ4v) is 10.8. The lowest BCUT2D eigenvalue weighted by atomic mass is 9.82. The summed E-state index contributed by atoms with van der Waals surface area (Å²) in [5.74, 6) is 0. The third-order valence-corrected chi connectivity index (χ3v) is 13.4. The molecule has 0 saturated carbocycles. The number of rotatable bonds is 4. The van der Waals surface area contributed by atoms with Gasteiger partial charge in [-0.2, -0.15) is 0 Å². The zero-order chi connectivity index (χ0) is 37.1. The van der Waals surface area contributed by atoms with Gasteiger partial charge in [0.05, 0.1) is 16.8 Å². The molecule has 0 amide bonds. The van der Waals surface area contributed by atoms with Crippen molar-refractivity contribution >= 4 is 92.1 Å². The minimum absolute atomic E-state index is 0.139. The van der Waals surface area contributed by atoms with Gasteiger partial charge in [-0.15, -0.1) is 11.3 Å². The molecule has 9 aromatic carbocycles. The second-order valence-corrected chi connectivity index (χ2v) is 16.7. The Morgan fingerprint density at radius 3 is 2.05 bits per heavy atom. The molecule has 2 aromatic heterocycles. The lowest BCUT2D eigenvalue weighted by Crippen LogP contribution is -2.16. The molecule has 3 heteroatoms. The molecule has 56 heavy (non-hydrogen) atoms. The Balaban J connectivity index is 1.20. The van der Waals surface area contributed by atoms with E-state index in [9.17, 15) is 0 Å². The summed E-state index contributed by atoms with van der Waals surface area (Å²) in [6, 6.07) is 64.6. The molecule has 11 aromatic rings. The highest BCUT2D eigenvalue weighted by atomic mass is 32.1. The van der Waals surface area contributed by atoms with E-state index in [0.29, 0.717) is 0 Å². The van der Waals surface area contributed by atoms with E-state index in [-0.39, 0.29) is 5.41 Å². The van der Waals surface area contributed by atoms with Gasteiger partial charge in [0.1, 0.15) is 11.2 Å². The van der Waals surface area contributed by atoms with Crippen molar-refractivity contribution in [3.8, 4) is 22.3 Å². The predicted octanol–water partition coefficient (Wildman–Crippen LogP) is 15.7. The Kier molecular flexibility index (Phi) is 6.59. The van der Waals surface area contributed by atoms with E-state index in [1.54, 1.807) is 0 Å². The van der Waals surface area contributed by atoms with Crippen LogP contribution in [0.15, 0.2) is 180 Å². The number of para-hydroxylation sites is 1. The van der Waals surface area contributed by atoms with E-state index in [2.05, 4.69) is 195 Å². The van der Waals surface area contributed by atoms with Gasteiger partial charge in [0.15, 0.2) is 0 Å². The summed E-state index contributed by atoms with van der Waals surface area (Å²) in [4.78, 5) is 2.51. The van der Waals surface area contributed by atoms with Gasteiger partial charge >= 0.3 is 0 Å². The molecule has 0 saturated heterocycles. The van der Waals surface area contributed by atoms with Crippen molar-refractivity contribution in [1.29, 1.82) is 0 Å². The molecule has 0 fully saturated rings. The second-order valence-electron chi connectivity index (χ2n) is 15.6. The van der Waals surface area contributed by atoms with Crippen molar-refractivity contribution in [2.24, 2.45) is 0 Å². The second kappa shape index (κ2) is 11.7. The van der Waals surface area contributed by atoms with Crippen molar-refractivity contribution in [1.82, 2.24) is 0 Å². The molecule has 0 radical (unpaired) electrons. The number of hydrogen-bond acceptors (Lipinski definition) is 3. The minimum atomic E-state index is -0.139. The first-order valence-electron chi connectivity index (χ1n) is 19.3. The van der Waals surface area contributed by atoms with Gasteiger partial charge in [-0.05, 0) is 98.4 Å². The van der Waals surface area contributed by atoms with Gasteiger partial charge < -0.3 is 9.32 Å². The number of thiophene rings is 1. The number of anilines is 3. The SMILES string of the molecule is CC1(C)c2ccccc2-c2c(N(c3ccc4sc5ccccc5c4c3)c3ccc(-c4cc5ccccc5c5ccccc45)c4oc5ccccc5c34)cccc21. The molecule has 1 aliphatic carbocycles. The maximum Gasteiger partial charge on any atom is 0.145 e. The molecular formula is C53H35NOS. The van der Waals surface area contributed by atoms with E-state index >= 15 is 0 Å². The number of nitrogens with zero attached hydrogens (tertiary/aromatic N) is 1. The van der Waals surface area contributed by atoms with Gasteiger partial charge in [-0.1, -0.05) is 135 Å². The van der Waals surface area contributed by atoms with Crippen LogP contribution in [0.1, 0.15) is 25.0 Å². The van der Waals surface area contributed by atoms with Crippen molar-refractivity contribution in [3.05, 3.63) is 187 Å². The maximum absolute atomic E-state index is 7.03. The third-order valence-electron chi connectivity index (χ3n) is 12.2. The van der Waals surface area contributed by atoms with Crippen LogP contribution in [0.5, 0.6) is 0 Å². The molecule has 264 valence electrons. The fourth-order valence-electron chi connectivity index (χ4n) is 9.67. The van der Waals surface area contributed by atoms with Crippen LogP contribution < -0.4 is 4.90 Å². The topological polar surface area (TPSA) is 16.4 Å². The van der Waals surface area contributed by atoms with E-state index in [1.807, 2.05) is 11.3 Å². The number of hydrogen-bond donors (Lipinski definition) is 0. The van der Waals surface area contributed by atoms with Gasteiger partial charge in [-0.25, -0.2) is 0 Å². The number of fused-ring (bicyclic) bond motifs is 12. The van der Waals surface area contributed by atoms with Crippen molar-refractivity contribution < 1.29 is 4.42 Å². The van der Waals surface area contributed by atoms with Crippen LogP contribution in [0.3, 0.4) is 0 Å². The number of furan rings is 1. The van der Waals surface area contributed by atoms with Gasteiger partial charge in [0.25, 0.3) is 0 Å². The maximum atomic E-state index is 7.03. The monoisotopic (exact) mass is 733 g/mol. The summed E-state index contributed by atoms with van der Waals surface area (Å²) in [5.41, 5.74) is 12.5. The zero-order valence-corrected chi connectivity index (χ0v) is 31.8. The Bertz CT molecular complexity index is 3420. The summed E-state index contributed by atoms with van der Waals surface area (Å²) in [5, 5.41) is 9.70. The lowest BCUT2D eigenvalue weighted by molar-refractivity contribution is 0.660. The molecule has 0 bridgehead atoms. The molecule has 2 heterocycles. The van der Waals surface area contributed by atoms with Gasteiger partial charge in [-0.3, -0.25) is 0 Å². The molecule has 0 spiro atoms. The summed E-state index contributed by atoms with van der Waals surface area (Å²) in [6.45, 7) is 4.72. The molecule has 0 N–H and O–H groups in total. The molecular weight excluding hydrogens is 699 g/mol. The van der Waals surface area contributed by atoms with E-state index in [1.165, 1.54) is 69.5 Å². The van der Waals surface area contributed by atoms with Gasteiger partial charge in [0.2, 0.25) is 0 Å². The average Bonchev–Trinajstić information content (AvgIpc) is 3.89. The quantitative estimate of drug-likeness (QED) is 0.168. The van der Waals surface area contributed by atoms with Crippen LogP contribution in [-0.4, -0.2) is 0 Å². The lowest BCUT2D eigenvalue weighted by Gasteiger charge is -2.30. The fraction of sp³-hybridized carbons (Fsp3) is 0.0566. The van der Waals surface area contributed by atoms with Crippen LogP contribution >= 0.6 is 11.3 Å². The normalized spacial score (nSPS) is 13.3. The molecule has 0 aliphatic heterocycles. The first-order chi connectivity index (χ1) is 27.5. The van der Waals surface area contributed by atoms with Crippen LogP contribution in [-0.2, 0) is 5.41 Å². The Morgan fingerprint density at radius 1 is 0.464 bits per heavy atom. The van der Waals surface area contributed by atoms with E-state index < -0.39 is 0 Å². The third kappa shape index (κ3) is 4.38. The summed E-state index contributed by atoms with van der Waals surface area (Å²) in [6.07, 6.45) is 0. The molecule has 0 unspecified atom stereocenters. The molecule has 12 rings (SSSR count). The van der Waals surface area contributed by atoms with Crippen LogP contribution in [0.2, 0.25) is 0 Å². The van der Waals surface area contributed by atoms with Crippen LogP contribution in [0, 0.1) is 0 Å². The largest absolute Gasteiger partial charge is 0.455 e.